The zero-order valence-electron chi connectivity index (χ0n) is 18.8. The van der Waals surface area contributed by atoms with E-state index in [0.717, 1.165) is 5.56 Å². The van der Waals surface area contributed by atoms with Crippen molar-refractivity contribution in [1.29, 1.82) is 0 Å². The molecule has 9 heteroatoms. The molecule has 3 aliphatic rings. The van der Waals surface area contributed by atoms with Gasteiger partial charge in [-0.15, -0.1) is 16.5 Å². The Labute approximate surface area is 191 Å². The van der Waals surface area contributed by atoms with Crippen LogP contribution in [0.3, 0.4) is 0 Å². The van der Waals surface area contributed by atoms with E-state index < -0.39 is 45.7 Å². The maximum Gasteiger partial charge on any atom is 0.308 e. The summed E-state index contributed by atoms with van der Waals surface area (Å²) in [6.07, 6.45) is 6.80. The lowest BCUT2D eigenvalue weighted by molar-refractivity contribution is -0.775. The van der Waals surface area contributed by atoms with Crippen LogP contribution in [0.2, 0.25) is 0 Å². The molecule has 1 N–H and O–H groups in total. The first-order chi connectivity index (χ1) is 15.5. The lowest BCUT2D eigenvalue weighted by Crippen LogP contribution is -2.64. The normalized spacial score (nSPS) is 36.4. The van der Waals surface area contributed by atoms with Gasteiger partial charge >= 0.3 is 11.9 Å². The fraction of sp³-hybridized carbons (Fsp3) is 0.583. The lowest BCUT2D eigenvalue weighted by Gasteiger charge is -2.58. The Morgan fingerprint density at radius 3 is 2.58 bits per heavy atom. The van der Waals surface area contributed by atoms with E-state index in [1.807, 2.05) is 6.92 Å². The molecule has 2 saturated carbocycles. The minimum absolute atomic E-state index is 0.0360. The highest BCUT2D eigenvalue weighted by molar-refractivity contribution is 5.69. The van der Waals surface area contributed by atoms with E-state index in [-0.39, 0.29) is 12.3 Å². The number of fused-ring (bicyclic) bond motifs is 5. The second kappa shape index (κ2) is 7.73. The standard InChI is InChI=1S/C24H27NO8/c1-5-23(32-15(3)27)11-10-19-20-8-6-16-12-17(31-14(2)26)7-9-18(16)24(20,28)21(33-25(29)30)13-22(19,23)4/h1,7,9,12,19-21,28H,6,8,10-11,13H2,2-4H3/t19-,20-,21-,22-,23-,24?/m0/s1. The molecule has 0 aliphatic heterocycles. The summed E-state index contributed by atoms with van der Waals surface area (Å²) in [7, 11) is 0. The molecular formula is C24H27NO8. The van der Waals surface area contributed by atoms with E-state index in [0.29, 0.717) is 37.0 Å². The van der Waals surface area contributed by atoms with Gasteiger partial charge in [-0.3, -0.25) is 9.59 Å². The summed E-state index contributed by atoms with van der Waals surface area (Å²) < 4.78 is 10.9. The van der Waals surface area contributed by atoms with Gasteiger partial charge in [0.15, 0.2) is 5.60 Å². The maximum absolute atomic E-state index is 12.1. The Balaban J connectivity index is 1.83. The summed E-state index contributed by atoms with van der Waals surface area (Å²) in [4.78, 5) is 39.8. The Bertz CT molecular complexity index is 1060. The summed E-state index contributed by atoms with van der Waals surface area (Å²) in [5, 5.41) is 22.7. The number of aliphatic hydroxyl groups is 1. The van der Waals surface area contributed by atoms with Gasteiger partial charge in [0.1, 0.15) is 17.5 Å². The molecule has 6 atom stereocenters. The molecular weight excluding hydrogens is 430 g/mol. The van der Waals surface area contributed by atoms with Crippen LogP contribution in [0, 0.1) is 39.7 Å². The van der Waals surface area contributed by atoms with Gasteiger partial charge in [0.2, 0.25) is 0 Å². The second-order valence-electron chi connectivity index (χ2n) is 9.53. The first-order valence-electron chi connectivity index (χ1n) is 11.0. The van der Waals surface area contributed by atoms with Gasteiger partial charge in [0.05, 0.1) is 0 Å². The molecule has 0 aromatic heterocycles. The summed E-state index contributed by atoms with van der Waals surface area (Å²) in [6.45, 7) is 4.47. The van der Waals surface area contributed by atoms with Crippen LogP contribution in [0.4, 0.5) is 0 Å². The van der Waals surface area contributed by atoms with Gasteiger partial charge in [-0.1, -0.05) is 18.9 Å². The van der Waals surface area contributed by atoms with Crippen LogP contribution in [-0.2, 0) is 31.2 Å². The minimum Gasteiger partial charge on any atom is -0.445 e. The third-order valence-electron chi connectivity index (χ3n) is 7.96. The van der Waals surface area contributed by atoms with Crippen LogP contribution in [0.15, 0.2) is 18.2 Å². The third-order valence-corrected chi connectivity index (χ3v) is 7.96. The predicted molar refractivity (Wildman–Crippen MR) is 114 cm³/mol. The van der Waals surface area contributed by atoms with Gasteiger partial charge in [0, 0.05) is 19.3 Å². The van der Waals surface area contributed by atoms with Gasteiger partial charge in [-0.05, 0) is 67.2 Å². The van der Waals surface area contributed by atoms with E-state index in [9.17, 15) is 24.8 Å². The van der Waals surface area contributed by atoms with E-state index in [1.165, 1.54) is 13.8 Å². The fourth-order valence-corrected chi connectivity index (χ4v) is 6.71. The number of nitrogens with zero attached hydrogens (tertiary/aromatic N) is 1. The molecule has 1 aromatic carbocycles. The quantitative estimate of drug-likeness (QED) is 0.241. The monoisotopic (exact) mass is 457 g/mol. The maximum atomic E-state index is 12.1. The van der Waals surface area contributed by atoms with Crippen LogP contribution < -0.4 is 4.74 Å². The molecule has 0 bridgehead atoms. The Kier molecular flexibility index (Phi) is 5.40. The summed E-state index contributed by atoms with van der Waals surface area (Å²) in [5.41, 5.74) is -2.44. The third kappa shape index (κ3) is 3.35. The van der Waals surface area contributed by atoms with Crippen molar-refractivity contribution in [2.24, 2.45) is 17.3 Å². The first kappa shape index (κ1) is 23.1. The number of hydrogen-bond acceptors (Lipinski definition) is 8. The zero-order valence-corrected chi connectivity index (χ0v) is 18.8. The van der Waals surface area contributed by atoms with Crippen LogP contribution in [0.25, 0.3) is 0 Å². The zero-order chi connectivity index (χ0) is 24.2. The number of carbonyl (C=O) groups is 2. The number of rotatable bonds is 4. The fourth-order valence-electron chi connectivity index (χ4n) is 6.71. The molecule has 0 amide bonds. The number of terminal acetylenes is 1. The van der Waals surface area contributed by atoms with Crippen molar-refractivity contribution in [2.75, 3.05) is 0 Å². The average Bonchev–Trinajstić information content (AvgIpc) is 2.99. The largest absolute Gasteiger partial charge is 0.445 e. The molecule has 1 unspecified atom stereocenters. The van der Waals surface area contributed by atoms with Crippen molar-refractivity contribution in [3.05, 3.63) is 39.4 Å². The topological polar surface area (TPSA) is 125 Å². The second-order valence-corrected chi connectivity index (χ2v) is 9.53. The van der Waals surface area contributed by atoms with Gasteiger partial charge in [0.25, 0.3) is 5.09 Å². The number of esters is 2. The van der Waals surface area contributed by atoms with Crippen molar-refractivity contribution in [2.45, 2.75) is 70.2 Å². The van der Waals surface area contributed by atoms with Crippen molar-refractivity contribution >= 4 is 11.9 Å². The van der Waals surface area contributed by atoms with Crippen LogP contribution >= 0.6 is 0 Å². The van der Waals surface area contributed by atoms with Gasteiger partial charge in [-0.25, -0.2) is 0 Å². The Hall–Kier alpha value is -3.12. The van der Waals surface area contributed by atoms with Crippen molar-refractivity contribution in [3.8, 4) is 18.1 Å². The number of benzene rings is 1. The molecule has 2 fully saturated rings. The van der Waals surface area contributed by atoms with E-state index in [2.05, 4.69) is 5.92 Å². The number of hydrogen-bond donors (Lipinski definition) is 1. The number of aryl methyl sites for hydroxylation is 1. The van der Waals surface area contributed by atoms with Crippen molar-refractivity contribution in [1.82, 2.24) is 0 Å². The summed E-state index contributed by atoms with van der Waals surface area (Å²) in [5.74, 6) is 1.49. The van der Waals surface area contributed by atoms with E-state index >= 15 is 0 Å². The predicted octanol–water partition coefficient (Wildman–Crippen LogP) is 2.69. The Morgan fingerprint density at radius 1 is 1.24 bits per heavy atom. The van der Waals surface area contributed by atoms with E-state index in [4.69, 9.17) is 20.7 Å². The van der Waals surface area contributed by atoms with Crippen LogP contribution in [-0.4, -0.2) is 33.8 Å². The SMILES string of the molecule is C#C[C@]1(OC(C)=O)CC[C@H]2[C@@H]3CCc4cc(OC(C)=O)ccc4C3(O)[C@@H](O[N+](=O)[O-])C[C@@]21C. The highest BCUT2D eigenvalue weighted by atomic mass is 17.0. The summed E-state index contributed by atoms with van der Waals surface area (Å²) in [6, 6.07) is 4.90. The van der Waals surface area contributed by atoms with Crippen molar-refractivity contribution in [3.63, 3.8) is 0 Å². The van der Waals surface area contributed by atoms with E-state index in [1.54, 1.807) is 18.2 Å². The van der Waals surface area contributed by atoms with Crippen LogP contribution in [0.1, 0.15) is 57.6 Å². The molecule has 0 heterocycles. The molecule has 33 heavy (non-hydrogen) atoms. The lowest BCUT2D eigenvalue weighted by atomic mass is 9.50. The average molecular weight is 457 g/mol. The molecule has 3 aliphatic carbocycles. The van der Waals surface area contributed by atoms with Gasteiger partial charge < -0.3 is 19.4 Å². The molecule has 0 saturated heterocycles. The highest BCUT2D eigenvalue weighted by Crippen LogP contribution is 2.66. The molecule has 0 spiro atoms. The Morgan fingerprint density at radius 2 is 1.97 bits per heavy atom. The minimum atomic E-state index is -1.65. The molecule has 4 rings (SSSR count). The first-order valence-corrected chi connectivity index (χ1v) is 11.0. The number of carbonyl (C=O) groups excluding carboxylic acids is 2. The molecule has 0 radical (unpaired) electrons. The smallest absolute Gasteiger partial charge is 0.308 e. The van der Waals surface area contributed by atoms with Crippen molar-refractivity contribution < 1.29 is 34.1 Å². The molecule has 9 nitrogen and oxygen atoms in total. The van der Waals surface area contributed by atoms with Gasteiger partial charge in [-0.2, -0.15) is 0 Å². The summed E-state index contributed by atoms with van der Waals surface area (Å²) >= 11 is 0. The number of ether oxygens (including phenoxy) is 2. The molecule has 1 aromatic rings. The van der Waals surface area contributed by atoms with Crippen LogP contribution in [0.5, 0.6) is 5.75 Å². The highest BCUT2D eigenvalue weighted by Gasteiger charge is 2.70. The molecule has 176 valence electrons.